The molecule has 1 rings (SSSR count). The molecule has 0 aliphatic rings. The molecule has 1 aromatic heterocycles. The van der Waals surface area contributed by atoms with Gasteiger partial charge in [0.2, 0.25) is 0 Å². The summed E-state index contributed by atoms with van der Waals surface area (Å²) in [6, 6.07) is 0. The van der Waals surface area contributed by atoms with E-state index in [1.807, 2.05) is 31.7 Å². The molecule has 0 fully saturated rings. The molecule has 0 aliphatic carbocycles. The third-order valence-corrected chi connectivity index (χ3v) is 2.52. The van der Waals surface area contributed by atoms with Crippen LogP contribution in [0.3, 0.4) is 0 Å². The molecule has 13 heavy (non-hydrogen) atoms. The van der Waals surface area contributed by atoms with E-state index in [4.69, 9.17) is 5.11 Å². The molecule has 3 heteroatoms. The monoisotopic (exact) mass is 181 g/mol. The van der Waals surface area contributed by atoms with E-state index in [-0.39, 0.29) is 0 Å². The summed E-state index contributed by atoms with van der Waals surface area (Å²) in [5, 5.41) is 8.88. The Balaban J connectivity index is 3.20. The fourth-order valence-corrected chi connectivity index (χ4v) is 1.67. The number of carbonyl (C=O) groups is 1. The van der Waals surface area contributed by atoms with Crippen molar-refractivity contribution in [3.05, 3.63) is 23.0 Å². The van der Waals surface area contributed by atoms with Crippen LogP contribution < -0.4 is 0 Å². The predicted molar refractivity (Wildman–Crippen MR) is 50.9 cm³/mol. The Hall–Kier alpha value is -1.25. The average Bonchev–Trinajstić information content (AvgIpc) is 2.26. The molecule has 3 nitrogen and oxygen atoms in total. The Bertz CT molecular complexity index is 339. The number of carboxylic acids is 1. The molecule has 0 bridgehead atoms. The van der Waals surface area contributed by atoms with Gasteiger partial charge in [-0.1, -0.05) is 0 Å². The molecule has 1 atom stereocenters. The normalized spacial score (nSPS) is 12.9. The minimum atomic E-state index is -0.774. The summed E-state index contributed by atoms with van der Waals surface area (Å²) in [7, 11) is 1.88. The van der Waals surface area contributed by atoms with E-state index in [0.717, 1.165) is 16.8 Å². The quantitative estimate of drug-likeness (QED) is 0.756. The molecule has 0 spiro atoms. The Morgan fingerprint density at radius 1 is 1.54 bits per heavy atom. The van der Waals surface area contributed by atoms with Crippen LogP contribution >= 0.6 is 0 Å². The molecule has 1 N–H and O–H groups in total. The lowest BCUT2D eigenvalue weighted by molar-refractivity contribution is -0.138. The maximum Gasteiger partial charge on any atom is 0.312 e. The van der Waals surface area contributed by atoms with Crippen LogP contribution in [0.1, 0.15) is 29.7 Å². The second-order valence-electron chi connectivity index (χ2n) is 3.49. The largest absolute Gasteiger partial charge is 0.481 e. The Kier molecular flexibility index (Phi) is 2.45. The van der Waals surface area contributed by atoms with Crippen molar-refractivity contribution in [2.45, 2.75) is 26.7 Å². The lowest BCUT2D eigenvalue weighted by atomic mass is 10.0. The molecule has 1 unspecified atom stereocenters. The van der Waals surface area contributed by atoms with E-state index in [1.165, 1.54) is 0 Å². The molecule has 1 aromatic rings. The standard InChI is InChI=1S/C10H15NO2/c1-6-5-11(4)9(7(6)2)8(3)10(12)13/h5,8H,1-4H3,(H,12,13). The van der Waals surface area contributed by atoms with E-state index < -0.39 is 11.9 Å². The molecular formula is C10H15NO2. The number of hydrogen-bond acceptors (Lipinski definition) is 1. The highest BCUT2D eigenvalue weighted by molar-refractivity contribution is 5.75. The van der Waals surface area contributed by atoms with Gasteiger partial charge >= 0.3 is 5.97 Å². The lowest BCUT2D eigenvalue weighted by Gasteiger charge is -2.09. The average molecular weight is 181 g/mol. The van der Waals surface area contributed by atoms with Gasteiger partial charge in [-0.2, -0.15) is 0 Å². The molecule has 72 valence electrons. The Labute approximate surface area is 78.0 Å². The van der Waals surface area contributed by atoms with Crippen molar-refractivity contribution < 1.29 is 9.90 Å². The van der Waals surface area contributed by atoms with E-state index in [2.05, 4.69) is 0 Å². The minimum Gasteiger partial charge on any atom is -0.481 e. The van der Waals surface area contributed by atoms with Crippen LogP contribution in [0.15, 0.2) is 6.20 Å². The van der Waals surface area contributed by atoms with Gasteiger partial charge in [0.25, 0.3) is 0 Å². The van der Waals surface area contributed by atoms with Crippen molar-refractivity contribution >= 4 is 5.97 Å². The first-order chi connectivity index (χ1) is 5.95. The van der Waals surface area contributed by atoms with Crippen molar-refractivity contribution in [2.24, 2.45) is 7.05 Å². The topological polar surface area (TPSA) is 42.2 Å². The van der Waals surface area contributed by atoms with Gasteiger partial charge in [-0.3, -0.25) is 4.79 Å². The predicted octanol–water partition coefficient (Wildman–Crippen LogP) is 1.83. The van der Waals surface area contributed by atoms with Gasteiger partial charge in [0.05, 0.1) is 5.92 Å². The maximum absolute atomic E-state index is 10.8. The number of aromatic nitrogens is 1. The molecule has 0 amide bonds. The van der Waals surface area contributed by atoms with Gasteiger partial charge in [-0.05, 0) is 31.9 Å². The van der Waals surface area contributed by atoms with Crippen LogP contribution in [0, 0.1) is 13.8 Å². The van der Waals surface area contributed by atoms with Crippen LogP contribution in [0.4, 0.5) is 0 Å². The number of rotatable bonds is 2. The van der Waals surface area contributed by atoms with Crippen molar-refractivity contribution in [1.82, 2.24) is 4.57 Å². The molecule has 0 aliphatic heterocycles. The summed E-state index contributed by atoms with van der Waals surface area (Å²) in [4.78, 5) is 10.8. The molecule has 0 radical (unpaired) electrons. The number of carboxylic acid groups (broad SMARTS) is 1. The van der Waals surface area contributed by atoms with Crippen molar-refractivity contribution in [1.29, 1.82) is 0 Å². The van der Waals surface area contributed by atoms with Gasteiger partial charge < -0.3 is 9.67 Å². The molecule has 0 saturated carbocycles. The highest BCUT2D eigenvalue weighted by Crippen LogP contribution is 2.23. The van der Waals surface area contributed by atoms with Crippen LogP contribution in [-0.2, 0) is 11.8 Å². The highest BCUT2D eigenvalue weighted by atomic mass is 16.4. The third-order valence-electron chi connectivity index (χ3n) is 2.52. The van der Waals surface area contributed by atoms with Crippen LogP contribution in [0.2, 0.25) is 0 Å². The first-order valence-electron chi connectivity index (χ1n) is 4.30. The highest BCUT2D eigenvalue weighted by Gasteiger charge is 2.20. The lowest BCUT2D eigenvalue weighted by Crippen LogP contribution is -2.12. The second kappa shape index (κ2) is 3.24. The van der Waals surface area contributed by atoms with Crippen LogP contribution in [-0.4, -0.2) is 15.6 Å². The molecule has 1 heterocycles. The van der Waals surface area contributed by atoms with Crippen molar-refractivity contribution in [3.8, 4) is 0 Å². The maximum atomic E-state index is 10.8. The summed E-state index contributed by atoms with van der Waals surface area (Å²) in [6.07, 6.45) is 1.96. The summed E-state index contributed by atoms with van der Waals surface area (Å²) < 4.78 is 1.89. The summed E-state index contributed by atoms with van der Waals surface area (Å²) >= 11 is 0. The van der Waals surface area contributed by atoms with Gasteiger partial charge in [0.1, 0.15) is 0 Å². The number of aliphatic carboxylic acids is 1. The van der Waals surface area contributed by atoms with Gasteiger partial charge in [0, 0.05) is 18.9 Å². The Morgan fingerprint density at radius 3 is 2.38 bits per heavy atom. The zero-order valence-electron chi connectivity index (χ0n) is 8.46. The van der Waals surface area contributed by atoms with Gasteiger partial charge in [0.15, 0.2) is 0 Å². The number of nitrogens with zero attached hydrogens (tertiary/aromatic N) is 1. The van der Waals surface area contributed by atoms with Crippen LogP contribution in [0.5, 0.6) is 0 Å². The van der Waals surface area contributed by atoms with Crippen molar-refractivity contribution in [3.63, 3.8) is 0 Å². The fourth-order valence-electron chi connectivity index (χ4n) is 1.67. The van der Waals surface area contributed by atoms with E-state index in [0.29, 0.717) is 0 Å². The summed E-state index contributed by atoms with van der Waals surface area (Å²) in [6.45, 7) is 5.67. The SMILES string of the molecule is Cc1cn(C)c(C(C)C(=O)O)c1C. The van der Waals surface area contributed by atoms with E-state index in [1.54, 1.807) is 6.92 Å². The van der Waals surface area contributed by atoms with Gasteiger partial charge in [-0.15, -0.1) is 0 Å². The molecule has 0 saturated heterocycles. The van der Waals surface area contributed by atoms with Crippen LogP contribution in [0.25, 0.3) is 0 Å². The second-order valence-corrected chi connectivity index (χ2v) is 3.49. The fraction of sp³-hybridized carbons (Fsp3) is 0.500. The first-order valence-corrected chi connectivity index (χ1v) is 4.30. The van der Waals surface area contributed by atoms with Gasteiger partial charge in [-0.25, -0.2) is 0 Å². The first kappa shape index (κ1) is 9.84. The summed E-state index contributed by atoms with van der Waals surface area (Å²) in [5.74, 6) is -1.21. The zero-order valence-corrected chi connectivity index (χ0v) is 8.46. The molecular weight excluding hydrogens is 166 g/mol. The minimum absolute atomic E-state index is 0.432. The third kappa shape index (κ3) is 1.59. The smallest absolute Gasteiger partial charge is 0.312 e. The zero-order chi connectivity index (χ0) is 10.2. The Morgan fingerprint density at radius 2 is 2.08 bits per heavy atom. The van der Waals surface area contributed by atoms with E-state index >= 15 is 0 Å². The number of hydrogen-bond donors (Lipinski definition) is 1. The van der Waals surface area contributed by atoms with E-state index in [9.17, 15) is 4.79 Å². The summed E-state index contributed by atoms with van der Waals surface area (Å²) in [5.41, 5.74) is 3.12. The molecule has 0 aromatic carbocycles. The van der Waals surface area contributed by atoms with Crippen molar-refractivity contribution in [2.75, 3.05) is 0 Å². The number of aryl methyl sites for hydroxylation is 2.